The smallest absolute Gasteiger partial charge is 0.262 e. The van der Waals surface area contributed by atoms with Crippen LogP contribution in [0.25, 0.3) is 0 Å². The molecule has 40 heavy (non-hydrogen) atoms. The first-order valence-corrected chi connectivity index (χ1v) is 14.5. The third kappa shape index (κ3) is 6.11. The summed E-state index contributed by atoms with van der Waals surface area (Å²) >= 11 is 0. The Morgan fingerprint density at radius 3 is 2.33 bits per heavy atom. The lowest BCUT2D eigenvalue weighted by atomic mass is 9.92. The first kappa shape index (κ1) is 28.4. The van der Waals surface area contributed by atoms with E-state index in [0.29, 0.717) is 23.7 Å². The molecule has 3 aliphatic rings. The molecular weight excluding hydrogens is 504 g/mol. The largest absolute Gasteiger partial charge is 0.373 e. The summed E-state index contributed by atoms with van der Waals surface area (Å²) in [4.78, 5) is 54.3. The van der Waals surface area contributed by atoms with Crippen LogP contribution in [0.5, 0.6) is 0 Å². The highest BCUT2D eigenvalue weighted by molar-refractivity contribution is 6.24. The second-order valence-electron chi connectivity index (χ2n) is 12.5. The number of hydrogen-bond donors (Lipinski definition) is 0. The van der Waals surface area contributed by atoms with Gasteiger partial charge in [-0.2, -0.15) is 0 Å². The van der Waals surface area contributed by atoms with Gasteiger partial charge in [0.1, 0.15) is 5.78 Å². The standard InChI is InChI=1S/C33H40N2O5/c1-21-18-22(9-11-24(21)20-34-16-14-26(15-17-34)40-33(2,3)4)8-10-23-6-5-7-27-30(23)32(39)35(31(27)38)28-13-12-25(36)19-29(28)37/h5-7,9,11,18,26,28H,8,10,12-17,19-20H2,1-4H3. The minimum Gasteiger partial charge on any atom is -0.373 e. The zero-order chi connectivity index (χ0) is 28.6. The number of imide groups is 1. The van der Waals surface area contributed by atoms with E-state index in [0.717, 1.165) is 49.4 Å². The molecule has 1 saturated heterocycles. The highest BCUT2D eigenvalue weighted by Gasteiger charge is 2.45. The Kier molecular flexibility index (Phi) is 8.07. The summed E-state index contributed by atoms with van der Waals surface area (Å²) in [5.41, 5.74) is 5.25. The van der Waals surface area contributed by atoms with Crippen molar-refractivity contribution in [2.75, 3.05) is 13.1 Å². The van der Waals surface area contributed by atoms with Crippen LogP contribution in [0, 0.1) is 6.92 Å². The van der Waals surface area contributed by atoms with Crippen molar-refractivity contribution in [2.45, 2.75) is 96.9 Å². The van der Waals surface area contributed by atoms with E-state index in [4.69, 9.17) is 4.74 Å². The Hall–Kier alpha value is -3.16. The highest BCUT2D eigenvalue weighted by Crippen LogP contribution is 2.32. The van der Waals surface area contributed by atoms with Crippen molar-refractivity contribution in [3.05, 3.63) is 69.8 Å². The Morgan fingerprint density at radius 1 is 0.900 bits per heavy atom. The second kappa shape index (κ2) is 11.4. The molecule has 5 rings (SSSR count). The van der Waals surface area contributed by atoms with Crippen LogP contribution in [0.4, 0.5) is 0 Å². The van der Waals surface area contributed by atoms with E-state index >= 15 is 0 Å². The average molecular weight is 545 g/mol. The fraction of sp³-hybridized carbons (Fsp3) is 0.515. The van der Waals surface area contributed by atoms with E-state index < -0.39 is 17.9 Å². The number of benzene rings is 2. The molecule has 2 aliphatic heterocycles. The van der Waals surface area contributed by atoms with Gasteiger partial charge in [-0.3, -0.25) is 29.0 Å². The van der Waals surface area contributed by atoms with Gasteiger partial charge in [-0.1, -0.05) is 30.3 Å². The van der Waals surface area contributed by atoms with Crippen molar-refractivity contribution in [1.29, 1.82) is 0 Å². The minimum atomic E-state index is -0.843. The number of carbonyl (C=O) groups excluding carboxylic acids is 4. The Balaban J connectivity index is 1.21. The zero-order valence-electron chi connectivity index (χ0n) is 24.1. The monoisotopic (exact) mass is 544 g/mol. The molecule has 2 heterocycles. The quantitative estimate of drug-likeness (QED) is 0.366. The maximum atomic E-state index is 13.4. The molecule has 1 unspecified atom stereocenters. The summed E-state index contributed by atoms with van der Waals surface area (Å²) in [7, 11) is 0. The van der Waals surface area contributed by atoms with Crippen LogP contribution < -0.4 is 0 Å². The van der Waals surface area contributed by atoms with Crippen molar-refractivity contribution in [1.82, 2.24) is 9.80 Å². The summed E-state index contributed by atoms with van der Waals surface area (Å²) < 4.78 is 6.17. The van der Waals surface area contributed by atoms with E-state index in [1.165, 1.54) is 16.7 Å². The molecule has 212 valence electrons. The van der Waals surface area contributed by atoms with Gasteiger partial charge in [0.15, 0.2) is 5.78 Å². The molecule has 7 nitrogen and oxygen atoms in total. The number of rotatable bonds is 7. The lowest BCUT2D eigenvalue weighted by Gasteiger charge is -2.35. The predicted molar refractivity (Wildman–Crippen MR) is 152 cm³/mol. The Morgan fingerprint density at radius 2 is 1.65 bits per heavy atom. The van der Waals surface area contributed by atoms with Crippen molar-refractivity contribution >= 4 is 23.4 Å². The van der Waals surface area contributed by atoms with Gasteiger partial charge in [0.25, 0.3) is 11.8 Å². The number of carbonyl (C=O) groups is 4. The topological polar surface area (TPSA) is 84.0 Å². The molecule has 2 aromatic rings. The number of aryl methyl sites for hydroxylation is 3. The van der Waals surface area contributed by atoms with Crippen molar-refractivity contribution in [3.63, 3.8) is 0 Å². The number of nitrogens with zero attached hydrogens (tertiary/aromatic N) is 2. The van der Waals surface area contributed by atoms with Crippen LogP contribution in [0.15, 0.2) is 36.4 Å². The third-order valence-electron chi connectivity index (χ3n) is 8.32. The predicted octanol–water partition coefficient (Wildman–Crippen LogP) is 4.85. The molecule has 7 heteroatoms. The number of ether oxygens (including phenoxy) is 1. The third-order valence-corrected chi connectivity index (χ3v) is 8.32. The van der Waals surface area contributed by atoms with Gasteiger partial charge in [0.05, 0.1) is 35.3 Å². The number of likely N-dealkylation sites (tertiary alicyclic amines) is 1. The van der Waals surface area contributed by atoms with Crippen LogP contribution in [0.3, 0.4) is 0 Å². The zero-order valence-corrected chi connectivity index (χ0v) is 24.1. The van der Waals surface area contributed by atoms with Gasteiger partial charge < -0.3 is 4.74 Å². The fourth-order valence-corrected chi connectivity index (χ4v) is 6.29. The molecule has 2 aromatic carbocycles. The van der Waals surface area contributed by atoms with Gasteiger partial charge in [-0.05, 0) is 88.1 Å². The summed E-state index contributed by atoms with van der Waals surface area (Å²) in [5, 5.41) is 0. The molecule has 0 spiro atoms. The summed E-state index contributed by atoms with van der Waals surface area (Å²) in [6.45, 7) is 11.5. The number of amides is 2. The van der Waals surface area contributed by atoms with E-state index in [2.05, 4.69) is 50.8 Å². The number of piperidine rings is 1. The molecule has 0 radical (unpaired) electrons. The van der Waals surface area contributed by atoms with Crippen LogP contribution in [-0.4, -0.2) is 64.0 Å². The number of Topliss-reactive ketones (excluding diaryl/α,β-unsaturated/α-hetero) is 2. The van der Waals surface area contributed by atoms with E-state index in [1.807, 2.05) is 6.07 Å². The lowest BCUT2D eigenvalue weighted by Crippen LogP contribution is -2.47. The van der Waals surface area contributed by atoms with E-state index in [1.54, 1.807) is 12.1 Å². The Bertz CT molecular complexity index is 1330. The van der Waals surface area contributed by atoms with Crippen LogP contribution in [0.2, 0.25) is 0 Å². The molecule has 1 saturated carbocycles. The van der Waals surface area contributed by atoms with Crippen LogP contribution >= 0.6 is 0 Å². The fourth-order valence-electron chi connectivity index (χ4n) is 6.29. The van der Waals surface area contributed by atoms with Crippen molar-refractivity contribution in [3.8, 4) is 0 Å². The SMILES string of the molecule is Cc1cc(CCc2cccc3c2C(=O)N(C2CCC(=O)CC2=O)C3=O)ccc1CN1CCC(OC(C)(C)C)CC1. The Labute approximate surface area is 236 Å². The van der Waals surface area contributed by atoms with E-state index in [-0.39, 0.29) is 36.4 Å². The van der Waals surface area contributed by atoms with Crippen molar-refractivity contribution in [2.24, 2.45) is 0 Å². The number of hydrogen-bond acceptors (Lipinski definition) is 6. The molecule has 2 amide bonds. The molecule has 0 aromatic heterocycles. The summed E-state index contributed by atoms with van der Waals surface area (Å²) in [6.07, 6.45) is 4.04. The van der Waals surface area contributed by atoms with Crippen molar-refractivity contribution < 1.29 is 23.9 Å². The van der Waals surface area contributed by atoms with Gasteiger partial charge in [0.2, 0.25) is 0 Å². The molecule has 2 fully saturated rings. The molecule has 0 N–H and O–H groups in total. The normalized spacial score (nSPS) is 20.9. The van der Waals surface area contributed by atoms with E-state index in [9.17, 15) is 19.2 Å². The second-order valence-corrected chi connectivity index (χ2v) is 12.5. The highest BCUT2D eigenvalue weighted by atomic mass is 16.5. The number of ketones is 2. The van der Waals surface area contributed by atoms with Gasteiger partial charge in [-0.25, -0.2) is 0 Å². The van der Waals surface area contributed by atoms with Crippen LogP contribution in [0.1, 0.15) is 95.8 Å². The van der Waals surface area contributed by atoms with Gasteiger partial charge in [-0.15, -0.1) is 0 Å². The molecule has 1 aliphatic carbocycles. The minimum absolute atomic E-state index is 0.0998. The summed E-state index contributed by atoms with van der Waals surface area (Å²) in [6, 6.07) is 11.1. The average Bonchev–Trinajstić information content (AvgIpc) is 3.15. The first-order valence-electron chi connectivity index (χ1n) is 14.5. The maximum absolute atomic E-state index is 13.4. The molecular formula is C33H40N2O5. The first-order chi connectivity index (χ1) is 19.0. The van der Waals surface area contributed by atoms with Gasteiger partial charge in [0, 0.05) is 26.1 Å². The molecule has 0 bridgehead atoms. The van der Waals surface area contributed by atoms with Crippen LogP contribution in [-0.2, 0) is 33.7 Å². The number of fused-ring (bicyclic) bond motifs is 1. The summed E-state index contributed by atoms with van der Waals surface area (Å²) in [5.74, 6) is -1.31. The van der Waals surface area contributed by atoms with Gasteiger partial charge >= 0.3 is 0 Å². The lowest BCUT2D eigenvalue weighted by molar-refractivity contribution is -0.132. The maximum Gasteiger partial charge on any atom is 0.262 e. The molecule has 1 atom stereocenters.